The van der Waals surface area contributed by atoms with E-state index < -0.39 is 0 Å². The van der Waals surface area contributed by atoms with E-state index in [0.717, 1.165) is 38.4 Å². The molecule has 2 atom stereocenters. The molecule has 0 bridgehead atoms. The van der Waals surface area contributed by atoms with Crippen molar-refractivity contribution in [1.82, 2.24) is 4.90 Å². The first-order valence-electron chi connectivity index (χ1n) is 7.23. The fourth-order valence-corrected chi connectivity index (χ4v) is 2.76. The minimum atomic E-state index is 0.372. The van der Waals surface area contributed by atoms with Gasteiger partial charge in [0.25, 0.3) is 0 Å². The Morgan fingerprint density at radius 3 is 2.58 bits per heavy atom. The molecule has 1 aromatic rings. The summed E-state index contributed by atoms with van der Waals surface area (Å²) in [4.78, 5) is 2.46. The second-order valence-corrected chi connectivity index (χ2v) is 5.90. The maximum atomic E-state index is 6.04. The van der Waals surface area contributed by atoms with Crippen molar-refractivity contribution in [2.75, 3.05) is 26.2 Å². The second kappa shape index (κ2) is 6.40. The zero-order valence-corrected chi connectivity index (χ0v) is 12.4. The first-order chi connectivity index (χ1) is 9.04. The van der Waals surface area contributed by atoms with Gasteiger partial charge < -0.3 is 10.5 Å². The van der Waals surface area contributed by atoms with E-state index in [4.69, 9.17) is 10.5 Å². The molecule has 0 amide bonds. The summed E-state index contributed by atoms with van der Waals surface area (Å²) in [6.45, 7) is 10.4. The van der Waals surface area contributed by atoms with Crippen molar-refractivity contribution in [2.24, 2.45) is 11.7 Å². The van der Waals surface area contributed by atoms with Crippen LogP contribution in [0.5, 0.6) is 5.75 Å². The lowest BCUT2D eigenvalue weighted by Gasteiger charge is -2.34. The Hall–Kier alpha value is -1.06. The van der Waals surface area contributed by atoms with Crippen molar-refractivity contribution >= 4 is 0 Å². The van der Waals surface area contributed by atoms with Gasteiger partial charge in [-0.25, -0.2) is 0 Å². The monoisotopic (exact) mass is 262 g/mol. The number of piperidine rings is 1. The molecule has 3 nitrogen and oxygen atoms in total. The third-order valence-corrected chi connectivity index (χ3v) is 3.93. The molecule has 106 valence electrons. The lowest BCUT2D eigenvalue weighted by atomic mass is 9.95. The van der Waals surface area contributed by atoms with Crippen molar-refractivity contribution in [2.45, 2.75) is 33.2 Å². The molecule has 1 saturated heterocycles. The summed E-state index contributed by atoms with van der Waals surface area (Å²) in [7, 11) is 0. The van der Waals surface area contributed by atoms with Crippen molar-refractivity contribution in [3.63, 3.8) is 0 Å². The van der Waals surface area contributed by atoms with Crippen molar-refractivity contribution in [1.29, 1.82) is 0 Å². The zero-order chi connectivity index (χ0) is 13.8. The molecular formula is C16H26N2O. The summed E-state index contributed by atoms with van der Waals surface area (Å²) < 4.78 is 5.86. The first-order valence-corrected chi connectivity index (χ1v) is 7.23. The topological polar surface area (TPSA) is 38.5 Å². The Labute approximate surface area is 116 Å². The van der Waals surface area contributed by atoms with Crippen molar-refractivity contribution in [3.8, 4) is 5.75 Å². The van der Waals surface area contributed by atoms with E-state index in [9.17, 15) is 0 Å². The first kappa shape index (κ1) is 14.4. The van der Waals surface area contributed by atoms with Crippen LogP contribution in [0.4, 0.5) is 0 Å². The van der Waals surface area contributed by atoms with Crippen LogP contribution < -0.4 is 10.5 Å². The number of nitrogens with zero attached hydrogens (tertiary/aromatic N) is 1. The van der Waals surface area contributed by atoms with E-state index in [0.29, 0.717) is 12.0 Å². The highest BCUT2D eigenvalue weighted by Gasteiger charge is 2.22. The van der Waals surface area contributed by atoms with Crippen LogP contribution in [0.2, 0.25) is 0 Å². The lowest BCUT2D eigenvalue weighted by molar-refractivity contribution is 0.140. The molecule has 2 rings (SSSR count). The number of hydrogen-bond donors (Lipinski definition) is 1. The Balaban J connectivity index is 1.77. The molecule has 19 heavy (non-hydrogen) atoms. The highest BCUT2D eigenvalue weighted by molar-refractivity contribution is 5.32. The van der Waals surface area contributed by atoms with Gasteiger partial charge in [-0.2, -0.15) is 0 Å². The minimum absolute atomic E-state index is 0.372. The molecule has 2 N–H and O–H groups in total. The fourth-order valence-electron chi connectivity index (χ4n) is 2.76. The summed E-state index contributed by atoms with van der Waals surface area (Å²) in [6, 6.07) is 6.74. The highest BCUT2D eigenvalue weighted by Crippen LogP contribution is 2.17. The molecule has 1 fully saturated rings. The maximum Gasteiger partial charge on any atom is 0.119 e. The van der Waals surface area contributed by atoms with Gasteiger partial charge in [0.15, 0.2) is 0 Å². The molecule has 0 saturated carbocycles. The van der Waals surface area contributed by atoms with Gasteiger partial charge >= 0.3 is 0 Å². The smallest absolute Gasteiger partial charge is 0.119 e. The standard InChI is InChI=1S/C16H26N2O/c1-12-8-13(2)10-15(9-12)19-7-6-18-5-4-16(17)14(3)11-18/h8-10,14,16H,4-7,11,17H2,1-3H3. The highest BCUT2D eigenvalue weighted by atomic mass is 16.5. The number of hydrogen-bond acceptors (Lipinski definition) is 3. The molecule has 0 radical (unpaired) electrons. The van der Waals surface area contributed by atoms with Crippen LogP contribution >= 0.6 is 0 Å². The molecule has 1 aliphatic rings. The van der Waals surface area contributed by atoms with Gasteiger partial charge in [0.2, 0.25) is 0 Å². The minimum Gasteiger partial charge on any atom is -0.492 e. The molecule has 0 aromatic heterocycles. The number of benzene rings is 1. The molecule has 2 unspecified atom stereocenters. The number of aryl methyl sites for hydroxylation is 2. The largest absolute Gasteiger partial charge is 0.492 e. The Morgan fingerprint density at radius 2 is 1.95 bits per heavy atom. The SMILES string of the molecule is Cc1cc(C)cc(OCCN2CCC(N)C(C)C2)c1. The second-order valence-electron chi connectivity index (χ2n) is 5.90. The third-order valence-electron chi connectivity index (χ3n) is 3.93. The van der Waals surface area contributed by atoms with Gasteiger partial charge in [0.05, 0.1) is 0 Å². The van der Waals surface area contributed by atoms with E-state index in [1.54, 1.807) is 0 Å². The van der Waals surface area contributed by atoms with Gasteiger partial charge in [0, 0.05) is 19.1 Å². The lowest BCUT2D eigenvalue weighted by Crippen LogP contribution is -2.46. The van der Waals surface area contributed by atoms with Gasteiger partial charge in [0.1, 0.15) is 12.4 Å². The molecule has 1 aliphatic heterocycles. The molecule has 0 aliphatic carbocycles. The van der Waals surface area contributed by atoms with Crippen LogP contribution in [0.3, 0.4) is 0 Å². The van der Waals surface area contributed by atoms with Crippen LogP contribution in [0.15, 0.2) is 18.2 Å². The maximum absolute atomic E-state index is 6.04. The quantitative estimate of drug-likeness (QED) is 0.905. The Morgan fingerprint density at radius 1 is 1.26 bits per heavy atom. The average Bonchev–Trinajstić information content (AvgIpc) is 2.32. The van der Waals surface area contributed by atoms with Crippen LogP contribution in [-0.2, 0) is 0 Å². The number of ether oxygens (including phenoxy) is 1. The van der Waals surface area contributed by atoms with E-state index >= 15 is 0 Å². The molecule has 1 aromatic carbocycles. The fraction of sp³-hybridized carbons (Fsp3) is 0.625. The summed E-state index contributed by atoms with van der Waals surface area (Å²) in [6.07, 6.45) is 1.10. The van der Waals surface area contributed by atoms with E-state index in [-0.39, 0.29) is 0 Å². The van der Waals surface area contributed by atoms with Crippen molar-refractivity contribution < 1.29 is 4.74 Å². The van der Waals surface area contributed by atoms with Gasteiger partial charge in [-0.15, -0.1) is 0 Å². The Kier molecular flexibility index (Phi) is 4.83. The summed E-state index contributed by atoms with van der Waals surface area (Å²) in [5.41, 5.74) is 8.55. The summed E-state index contributed by atoms with van der Waals surface area (Å²) >= 11 is 0. The van der Waals surface area contributed by atoms with Crippen LogP contribution in [0.25, 0.3) is 0 Å². The molecular weight excluding hydrogens is 236 g/mol. The summed E-state index contributed by atoms with van der Waals surface area (Å²) in [5.74, 6) is 1.58. The van der Waals surface area contributed by atoms with Gasteiger partial charge in [-0.1, -0.05) is 13.0 Å². The third kappa shape index (κ3) is 4.22. The molecule has 0 spiro atoms. The van der Waals surface area contributed by atoms with Crippen LogP contribution in [0.1, 0.15) is 24.5 Å². The number of nitrogens with two attached hydrogens (primary N) is 1. The average molecular weight is 262 g/mol. The summed E-state index contributed by atoms with van der Waals surface area (Å²) in [5, 5.41) is 0. The van der Waals surface area contributed by atoms with E-state index in [2.05, 4.69) is 43.9 Å². The van der Waals surface area contributed by atoms with Crippen molar-refractivity contribution in [3.05, 3.63) is 29.3 Å². The van der Waals surface area contributed by atoms with Crippen LogP contribution in [0, 0.1) is 19.8 Å². The number of likely N-dealkylation sites (tertiary alicyclic amines) is 1. The predicted octanol–water partition coefficient (Wildman–Crippen LogP) is 2.35. The Bertz CT molecular complexity index is 399. The van der Waals surface area contributed by atoms with Gasteiger partial charge in [-0.3, -0.25) is 4.90 Å². The molecule has 3 heteroatoms. The zero-order valence-electron chi connectivity index (χ0n) is 12.4. The number of rotatable bonds is 4. The van der Waals surface area contributed by atoms with Crippen LogP contribution in [-0.4, -0.2) is 37.2 Å². The van der Waals surface area contributed by atoms with E-state index in [1.165, 1.54) is 11.1 Å². The van der Waals surface area contributed by atoms with Gasteiger partial charge in [-0.05, 0) is 56.0 Å². The normalized spacial score (nSPS) is 24.4. The van der Waals surface area contributed by atoms with E-state index in [1.807, 2.05) is 0 Å². The predicted molar refractivity (Wildman–Crippen MR) is 79.6 cm³/mol. The molecule has 1 heterocycles.